The maximum absolute atomic E-state index is 13.4. The summed E-state index contributed by atoms with van der Waals surface area (Å²) in [4.78, 5) is 17.6. The van der Waals surface area contributed by atoms with Crippen LogP contribution in [0, 0.1) is 0 Å². The maximum Gasteiger partial charge on any atom is 0.329 e. The molecule has 2 aromatic carbocycles. The topological polar surface area (TPSA) is 94.3 Å². The molecule has 1 N–H and O–H groups in total. The number of halogens is 2. The van der Waals surface area contributed by atoms with E-state index in [9.17, 15) is 4.79 Å². The molecule has 1 unspecified atom stereocenters. The number of pyridine rings is 1. The molecule has 0 saturated heterocycles. The normalized spacial score (nSPS) is 12.1. The molecule has 0 radical (unpaired) electrons. The van der Waals surface area contributed by atoms with E-state index in [1.165, 1.54) is 0 Å². The molecule has 182 valence electrons. The molecule has 0 aliphatic carbocycles. The van der Waals surface area contributed by atoms with Gasteiger partial charge in [-0.25, -0.2) is 4.79 Å². The highest BCUT2D eigenvalue weighted by Crippen LogP contribution is 2.34. The highest BCUT2D eigenvalue weighted by molar-refractivity contribution is 6.36. The molecule has 1 atom stereocenters. The van der Waals surface area contributed by atoms with Crippen LogP contribution in [-0.4, -0.2) is 34.7 Å². The van der Waals surface area contributed by atoms with Crippen molar-refractivity contribution in [2.45, 2.75) is 32.4 Å². The Morgan fingerprint density at radius 1 is 1.00 bits per heavy atom. The minimum Gasteiger partial charge on any atom is -0.295 e. The highest BCUT2D eigenvalue weighted by Gasteiger charge is 2.22. The van der Waals surface area contributed by atoms with Crippen LogP contribution < -0.4 is 5.69 Å². The molecule has 3 aromatic heterocycles. The second-order valence-corrected chi connectivity index (χ2v) is 9.22. The Morgan fingerprint density at radius 3 is 2.47 bits per heavy atom. The summed E-state index contributed by atoms with van der Waals surface area (Å²) < 4.78 is 3.42. The van der Waals surface area contributed by atoms with Crippen LogP contribution in [0.2, 0.25) is 10.0 Å². The summed E-state index contributed by atoms with van der Waals surface area (Å²) in [7, 11) is 0. The predicted molar refractivity (Wildman–Crippen MR) is 140 cm³/mol. The van der Waals surface area contributed by atoms with Crippen molar-refractivity contribution in [2.24, 2.45) is 0 Å². The lowest BCUT2D eigenvalue weighted by Gasteiger charge is -2.20. The van der Waals surface area contributed by atoms with Gasteiger partial charge in [-0.2, -0.15) is 5.21 Å². The second-order valence-electron chi connectivity index (χ2n) is 8.41. The van der Waals surface area contributed by atoms with E-state index in [0.29, 0.717) is 22.4 Å². The van der Waals surface area contributed by atoms with Crippen molar-refractivity contribution in [3.05, 3.63) is 105 Å². The zero-order valence-corrected chi connectivity index (χ0v) is 21.0. The molecule has 10 heteroatoms. The monoisotopic (exact) mass is 519 g/mol. The molecular weight excluding hydrogens is 497 g/mol. The molecule has 0 spiro atoms. The number of nitrogens with zero attached hydrogens (tertiary/aromatic N) is 6. The first-order valence-corrected chi connectivity index (χ1v) is 12.3. The van der Waals surface area contributed by atoms with E-state index in [2.05, 4.69) is 32.5 Å². The van der Waals surface area contributed by atoms with Crippen LogP contribution >= 0.6 is 23.2 Å². The Kier molecular flexibility index (Phi) is 6.97. The van der Waals surface area contributed by atoms with Crippen LogP contribution in [0.3, 0.4) is 0 Å². The minimum absolute atomic E-state index is 0.109. The van der Waals surface area contributed by atoms with Crippen molar-refractivity contribution in [3.63, 3.8) is 0 Å². The number of rotatable bonds is 8. The van der Waals surface area contributed by atoms with E-state index in [1.54, 1.807) is 27.7 Å². The lowest BCUT2D eigenvalue weighted by Crippen LogP contribution is -2.28. The van der Waals surface area contributed by atoms with Gasteiger partial charge in [-0.15, -0.1) is 10.2 Å². The predicted octanol–water partition coefficient (Wildman–Crippen LogP) is 5.64. The van der Waals surface area contributed by atoms with E-state index >= 15 is 0 Å². The fourth-order valence-electron chi connectivity index (χ4n) is 4.40. The van der Waals surface area contributed by atoms with Crippen molar-refractivity contribution in [2.75, 3.05) is 0 Å². The highest BCUT2D eigenvalue weighted by atomic mass is 35.5. The van der Waals surface area contributed by atoms with E-state index in [0.717, 1.165) is 40.7 Å². The molecule has 0 fully saturated rings. The van der Waals surface area contributed by atoms with Crippen LogP contribution in [0.15, 0.2) is 78.1 Å². The average Bonchev–Trinajstić information content (AvgIpc) is 3.55. The number of hydrogen-bond donors (Lipinski definition) is 1. The van der Waals surface area contributed by atoms with E-state index < -0.39 is 0 Å². The second kappa shape index (κ2) is 10.5. The molecule has 8 nitrogen and oxygen atoms in total. The fraction of sp³-hybridized carbons (Fsp3) is 0.192. The minimum atomic E-state index is -0.234. The van der Waals surface area contributed by atoms with Gasteiger partial charge in [-0.3, -0.25) is 14.1 Å². The number of nitrogens with one attached hydrogen (secondary N) is 1. The zero-order valence-electron chi connectivity index (χ0n) is 19.5. The smallest absolute Gasteiger partial charge is 0.295 e. The van der Waals surface area contributed by atoms with Gasteiger partial charge in [-0.1, -0.05) is 66.9 Å². The van der Waals surface area contributed by atoms with Crippen LogP contribution in [0.25, 0.3) is 22.5 Å². The van der Waals surface area contributed by atoms with Crippen LogP contribution in [0.4, 0.5) is 0 Å². The van der Waals surface area contributed by atoms with Crippen molar-refractivity contribution >= 4 is 23.2 Å². The molecule has 0 aliphatic heterocycles. The Bertz CT molecular complexity index is 1500. The van der Waals surface area contributed by atoms with Crippen LogP contribution in [-0.2, 0) is 6.54 Å². The van der Waals surface area contributed by atoms with Gasteiger partial charge >= 0.3 is 5.69 Å². The van der Waals surface area contributed by atoms with Gasteiger partial charge in [0.25, 0.3) is 0 Å². The van der Waals surface area contributed by atoms with Crippen molar-refractivity contribution in [1.82, 2.24) is 34.7 Å². The Hall–Kier alpha value is -3.75. The van der Waals surface area contributed by atoms with Gasteiger partial charge in [0, 0.05) is 46.0 Å². The summed E-state index contributed by atoms with van der Waals surface area (Å²) in [5, 5.41) is 15.4. The third-order valence-corrected chi connectivity index (χ3v) is 6.79. The third-order valence-electron chi connectivity index (χ3n) is 6.13. The molecule has 3 heterocycles. The number of tetrazole rings is 1. The first kappa shape index (κ1) is 24.0. The molecule has 0 amide bonds. The first-order valence-electron chi connectivity index (χ1n) is 11.5. The molecule has 0 saturated carbocycles. The number of hydrogen-bond acceptors (Lipinski definition) is 5. The quantitative estimate of drug-likeness (QED) is 0.286. The van der Waals surface area contributed by atoms with Gasteiger partial charge < -0.3 is 0 Å². The summed E-state index contributed by atoms with van der Waals surface area (Å²) in [6.07, 6.45) is 8.69. The first-order chi connectivity index (χ1) is 17.6. The lowest BCUT2D eigenvalue weighted by molar-refractivity contribution is 0.509. The Balaban J connectivity index is 1.41. The molecule has 5 rings (SSSR count). The van der Waals surface area contributed by atoms with Gasteiger partial charge in [0.05, 0.1) is 12.6 Å². The number of aromatic nitrogens is 7. The van der Waals surface area contributed by atoms with Gasteiger partial charge in [0.15, 0.2) is 0 Å². The van der Waals surface area contributed by atoms with Crippen molar-refractivity contribution < 1.29 is 0 Å². The summed E-state index contributed by atoms with van der Waals surface area (Å²) in [5.74, 6) is 0.482. The third kappa shape index (κ3) is 4.69. The molecule has 36 heavy (non-hydrogen) atoms. The van der Waals surface area contributed by atoms with Crippen molar-refractivity contribution in [1.29, 1.82) is 0 Å². The number of imidazole rings is 1. The van der Waals surface area contributed by atoms with Gasteiger partial charge in [0.1, 0.15) is 0 Å². The zero-order chi connectivity index (χ0) is 25.1. The lowest BCUT2D eigenvalue weighted by atomic mass is 10.00. The molecule has 0 bridgehead atoms. The number of H-pyrrole nitrogens is 1. The number of benzene rings is 2. The summed E-state index contributed by atoms with van der Waals surface area (Å²) in [6.45, 7) is 2.52. The number of aromatic amines is 1. The maximum atomic E-state index is 13.4. The fourth-order valence-corrected chi connectivity index (χ4v) is 5.05. The van der Waals surface area contributed by atoms with Crippen LogP contribution in [0.1, 0.15) is 36.9 Å². The average molecular weight is 520 g/mol. The standard InChI is InChI=1S/C26H23Cl2N7O/c1-2-4-23(24-21(27)5-3-6-22(24)28)35-14-13-34(26(35)36)16-17-7-9-18(10-8-17)19-11-12-29-15-20(19)25-30-32-33-31-25/h3,5-15,23H,2,4,16H2,1H3,(H,30,31,32,33). The molecular formula is C26H23Cl2N7O. The Morgan fingerprint density at radius 2 is 1.78 bits per heavy atom. The summed E-state index contributed by atoms with van der Waals surface area (Å²) >= 11 is 13.0. The largest absolute Gasteiger partial charge is 0.329 e. The van der Waals surface area contributed by atoms with Crippen LogP contribution in [0.5, 0.6) is 0 Å². The van der Waals surface area contributed by atoms with Gasteiger partial charge in [-0.05, 0) is 46.5 Å². The van der Waals surface area contributed by atoms with E-state index in [1.807, 2.05) is 54.7 Å². The van der Waals surface area contributed by atoms with Gasteiger partial charge in [0.2, 0.25) is 5.82 Å². The Labute approximate surface area is 217 Å². The van der Waals surface area contributed by atoms with E-state index in [4.69, 9.17) is 23.2 Å². The van der Waals surface area contributed by atoms with Crippen molar-refractivity contribution in [3.8, 4) is 22.5 Å². The summed E-state index contributed by atoms with van der Waals surface area (Å²) in [5.41, 5.74) is 4.38. The molecule has 0 aliphatic rings. The summed E-state index contributed by atoms with van der Waals surface area (Å²) in [6, 6.07) is 15.2. The van der Waals surface area contributed by atoms with E-state index in [-0.39, 0.29) is 11.7 Å². The molecule has 5 aromatic rings. The SMILES string of the molecule is CCCC(c1c(Cl)cccc1Cl)n1ccn(Cc2ccc(-c3ccncc3-c3nn[nH]n3)cc2)c1=O.